The van der Waals surface area contributed by atoms with E-state index in [2.05, 4.69) is 54.1 Å². The first-order valence-electron chi connectivity index (χ1n) is 5.13. The Bertz CT molecular complexity index is 375. The zero-order valence-electron chi connectivity index (χ0n) is 8.68. The average Bonchev–Trinajstić information content (AvgIpc) is 2.44. The van der Waals surface area contributed by atoms with Crippen LogP contribution in [0.4, 0.5) is 0 Å². The number of benzene rings is 1. The molecule has 1 aromatic rings. The van der Waals surface area contributed by atoms with E-state index in [4.69, 9.17) is 0 Å². The number of allylic oxidation sites excluding steroid dienone is 1. The van der Waals surface area contributed by atoms with Gasteiger partial charge in [0.15, 0.2) is 0 Å². The molecule has 14 heavy (non-hydrogen) atoms. The lowest BCUT2D eigenvalue weighted by molar-refractivity contribution is 0.638. The van der Waals surface area contributed by atoms with Crippen LogP contribution in [0.5, 0.6) is 0 Å². The van der Waals surface area contributed by atoms with E-state index in [1.54, 1.807) is 5.57 Å². The van der Waals surface area contributed by atoms with Crippen molar-refractivity contribution in [2.45, 2.75) is 26.7 Å². The summed E-state index contributed by atoms with van der Waals surface area (Å²) in [4.78, 5) is 0. The summed E-state index contributed by atoms with van der Waals surface area (Å²) in [7, 11) is 0. The SMILES string of the molecule is CC(C)CC1=Cc2ccc(Br)cc2C1. The van der Waals surface area contributed by atoms with Gasteiger partial charge in [-0.2, -0.15) is 0 Å². The highest BCUT2D eigenvalue weighted by Gasteiger charge is 2.13. The first-order valence-corrected chi connectivity index (χ1v) is 5.92. The normalized spacial score (nSPS) is 14.4. The minimum atomic E-state index is 0.763. The van der Waals surface area contributed by atoms with Crippen LogP contribution >= 0.6 is 15.9 Å². The van der Waals surface area contributed by atoms with Crippen molar-refractivity contribution < 1.29 is 0 Å². The predicted octanol–water partition coefficient (Wildman–Crippen LogP) is 4.43. The second kappa shape index (κ2) is 3.90. The molecule has 0 saturated carbocycles. The van der Waals surface area contributed by atoms with Crippen LogP contribution < -0.4 is 0 Å². The molecule has 0 bridgehead atoms. The molecular weight excluding hydrogens is 236 g/mol. The van der Waals surface area contributed by atoms with Crippen molar-refractivity contribution in [2.24, 2.45) is 5.92 Å². The van der Waals surface area contributed by atoms with Gasteiger partial charge in [-0.05, 0) is 42.0 Å². The smallest absolute Gasteiger partial charge is 0.0178 e. The van der Waals surface area contributed by atoms with Gasteiger partial charge in [0.2, 0.25) is 0 Å². The van der Waals surface area contributed by atoms with Crippen molar-refractivity contribution in [3.63, 3.8) is 0 Å². The highest BCUT2D eigenvalue weighted by molar-refractivity contribution is 9.10. The van der Waals surface area contributed by atoms with Crippen LogP contribution in [0.15, 0.2) is 28.2 Å². The van der Waals surface area contributed by atoms with E-state index in [0.29, 0.717) is 0 Å². The molecule has 0 saturated heterocycles. The minimum Gasteiger partial charge on any atom is -0.0649 e. The summed E-state index contributed by atoms with van der Waals surface area (Å²) in [6, 6.07) is 6.56. The third-order valence-corrected chi connectivity index (χ3v) is 3.05. The Labute approximate surface area is 94.2 Å². The molecule has 1 aromatic carbocycles. The van der Waals surface area contributed by atoms with E-state index >= 15 is 0 Å². The average molecular weight is 251 g/mol. The Kier molecular flexibility index (Phi) is 2.78. The maximum absolute atomic E-state index is 3.51. The summed E-state index contributed by atoms with van der Waals surface area (Å²) in [5.74, 6) is 0.763. The van der Waals surface area contributed by atoms with Crippen molar-refractivity contribution in [1.29, 1.82) is 0 Å². The van der Waals surface area contributed by atoms with Gasteiger partial charge in [0.25, 0.3) is 0 Å². The molecule has 0 radical (unpaired) electrons. The van der Waals surface area contributed by atoms with Gasteiger partial charge in [0.1, 0.15) is 0 Å². The Morgan fingerprint density at radius 2 is 2.14 bits per heavy atom. The second-order valence-electron chi connectivity index (χ2n) is 4.42. The Balaban J connectivity index is 2.19. The largest absolute Gasteiger partial charge is 0.0649 e. The number of hydrogen-bond acceptors (Lipinski definition) is 0. The van der Waals surface area contributed by atoms with Crippen LogP contribution in [0, 0.1) is 5.92 Å². The molecule has 0 unspecified atom stereocenters. The summed E-state index contributed by atoms with van der Waals surface area (Å²) in [6.45, 7) is 4.56. The fourth-order valence-electron chi connectivity index (χ4n) is 2.04. The summed E-state index contributed by atoms with van der Waals surface area (Å²) >= 11 is 3.51. The lowest BCUT2D eigenvalue weighted by Crippen LogP contribution is -1.91. The number of fused-ring (bicyclic) bond motifs is 1. The molecule has 1 heteroatoms. The molecule has 1 aliphatic carbocycles. The fourth-order valence-corrected chi connectivity index (χ4v) is 2.45. The lowest BCUT2D eigenvalue weighted by Gasteiger charge is -2.04. The molecule has 0 spiro atoms. The Morgan fingerprint density at radius 3 is 2.86 bits per heavy atom. The molecule has 0 fully saturated rings. The van der Waals surface area contributed by atoms with Crippen molar-refractivity contribution in [3.05, 3.63) is 39.4 Å². The van der Waals surface area contributed by atoms with E-state index in [1.807, 2.05) is 0 Å². The summed E-state index contributed by atoms with van der Waals surface area (Å²) in [6.07, 6.45) is 4.72. The van der Waals surface area contributed by atoms with Crippen LogP contribution in [0.1, 0.15) is 31.4 Å². The number of rotatable bonds is 2. The van der Waals surface area contributed by atoms with Crippen LogP contribution in [-0.4, -0.2) is 0 Å². The summed E-state index contributed by atoms with van der Waals surface area (Å²) in [5, 5.41) is 0. The van der Waals surface area contributed by atoms with Crippen molar-refractivity contribution in [1.82, 2.24) is 0 Å². The quantitative estimate of drug-likeness (QED) is 0.729. The minimum absolute atomic E-state index is 0.763. The number of halogens is 1. The third kappa shape index (κ3) is 2.09. The zero-order valence-corrected chi connectivity index (χ0v) is 10.3. The zero-order chi connectivity index (χ0) is 10.1. The summed E-state index contributed by atoms with van der Waals surface area (Å²) in [5.41, 5.74) is 4.45. The lowest BCUT2D eigenvalue weighted by atomic mass is 10.0. The van der Waals surface area contributed by atoms with E-state index < -0.39 is 0 Å². The highest BCUT2D eigenvalue weighted by atomic mass is 79.9. The maximum Gasteiger partial charge on any atom is 0.0178 e. The molecule has 74 valence electrons. The van der Waals surface area contributed by atoms with Crippen LogP contribution in [0.25, 0.3) is 6.08 Å². The third-order valence-electron chi connectivity index (χ3n) is 2.55. The van der Waals surface area contributed by atoms with E-state index in [9.17, 15) is 0 Å². The molecule has 0 aromatic heterocycles. The highest BCUT2D eigenvalue weighted by Crippen LogP contribution is 2.30. The van der Waals surface area contributed by atoms with Gasteiger partial charge >= 0.3 is 0 Å². The van der Waals surface area contributed by atoms with Crippen LogP contribution in [-0.2, 0) is 6.42 Å². The molecule has 0 atom stereocenters. The fraction of sp³-hybridized carbons (Fsp3) is 0.385. The van der Waals surface area contributed by atoms with E-state index in [1.165, 1.54) is 22.0 Å². The van der Waals surface area contributed by atoms with Crippen molar-refractivity contribution in [2.75, 3.05) is 0 Å². The maximum atomic E-state index is 3.51. The molecule has 1 aliphatic rings. The molecule has 0 N–H and O–H groups in total. The Morgan fingerprint density at radius 1 is 1.36 bits per heavy atom. The molecule has 0 heterocycles. The van der Waals surface area contributed by atoms with Gasteiger partial charge in [-0.25, -0.2) is 0 Å². The van der Waals surface area contributed by atoms with E-state index in [0.717, 1.165) is 12.3 Å². The predicted molar refractivity (Wildman–Crippen MR) is 65.3 cm³/mol. The monoisotopic (exact) mass is 250 g/mol. The molecule has 0 amide bonds. The van der Waals surface area contributed by atoms with Crippen LogP contribution in [0.3, 0.4) is 0 Å². The van der Waals surface area contributed by atoms with Gasteiger partial charge in [0.05, 0.1) is 0 Å². The van der Waals surface area contributed by atoms with Crippen LogP contribution in [0.2, 0.25) is 0 Å². The van der Waals surface area contributed by atoms with Crippen molar-refractivity contribution in [3.8, 4) is 0 Å². The first-order chi connectivity index (χ1) is 6.65. The Hall–Kier alpha value is -0.560. The number of hydrogen-bond donors (Lipinski definition) is 0. The van der Waals surface area contributed by atoms with Gasteiger partial charge in [-0.1, -0.05) is 47.5 Å². The first kappa shape index (κ1) is 9.97. The summed E-state index contributed by atoms with van der Waals surface area (Å²) < 4.78 is 1.19. The van der Waals surface area contributed by atoms with E-state index in [-0.39, 0.29) is 0 Å². The topological polar surface area (TPSA) is 0 Å². The van der Waals surface area contributed by atoms with Gasteiger partial charge in [-0.15, -0.1) is 0 Å². The molecule has 2 rings (SSSR count). The molecular formula is C13H15Br. The van der Waals surface area contributed by atoms with Gasteiger partial charge < -0.3 is 0 Å². The van der Waals surface area contributed by atoms with Gasteiger partial charge in [0, 0.05) is 4.47 Å². The molecule has 0 aliphatic heterocycles. The second-order valence-corrected chi connectivity index (χ2v) is 5.34. The standard InChI is InChI=1S/C13H15Br/c1-9(2)5-10-6-11-3-4-13(14)8-12(11)7-10/h3-4,6,8-9H,5,7H2,1-2H3. The van der Waals surface area contributed by atoms with Crippen molar-refractivity contribution >= 4 is 22.0 Å². The molecule has 0 nitrogen and oxygen atoms in total. The van der Waals surface area contributed by atoms with Gasteiger partial charge in [-0.3, -0.25) is 0 Å².